The molecule has 0 saturated heterocycles. The van der Waals surface area contributed by atoms with Gasteiger partial charge in [-0.15, -0.1) is 11.6 Å². The molecule has 1 heterocycles. The molecule has 0 fully saturated rings. The maximum atomic E-state index is 5.46. The largest absolute Gasteiger partial charge is 0.457 e. The fourth-order valence-electron chi connectivity index (χ4n) is 0.630. The van der Waals surface area contributed by atoms with Crippen molar-refractivity contribution in [2.45, 2.75) is 19.6 Å². The first kappa shape index (κ1) is 6.75. The Balaban J connectivity index is 2.50. The van der Waals surface area contributed by atoms with Gasteiger partial charge in [0, 0.05) is 13.8 Å². The van der Waals surface area contributed by atoms with Crippen molar-refractivity contribution in [1.29, 1.82) is 0 Å². The van der Waals surface area contributed by atoms with Gasteiger partial charge in [0.15, 0.2) is 5.76 Å². The van der Waals surface area contributed by atoms with Crippen LogP contribution in [0.2, 0.25) is 0 Å². The van der Waals surface area contributed by atoms with Crippen molar-refractivity contribution >= 4 is 11.6 Å². The second-order valence-electron chi connectivity index (χ2n) is 2.34. The summed E-state index contributed by atoms with van der Waals surface area (Å²) in [6, 6.07) is 0. The molecule has 2 nitrogen and oxygen atoms in total. The molecule has 0 aromatic heterocycles. The van der Waals surface area contributed by atoms with Gasteiger partial charge >= 0.3 is 0 Å². The van der Waals surface area contributed by atoms with E-state index in [-0.39, 0.29) is 0 Å². The highest BCUT2D eigenvalue weighted by Crippen LogP contribution is 2.24. The van der Waals surface area contributed by atoms with E-state index < -0.39 is 5.79 Å². The highest BCUT2D eigenvalue weighted by Gasteiger charge is 2.26. The van der Waals surface area contributed by atoms with Crippen molar-refractivity contribution in [3.8, 4) is 0 Å². The average Bonchev–Trinajstić information content (AvgIpc) is 2.10. The first-order valence-corrected chi connectivity index (χ1v) is 3.29. The van der Waals surface area contributed by atoms with Crippen LogP contribution in [-0.2, 0) is 9.47 Å². The van der Waals surface area contributed by atoms with E-state index in [2.05, 4.69) is 0 Å². The Labute approximate surface area is 59.4 Å². The zero-order valence-electron chi connectivity index (χ0n) is 5.48. The highest BCUT2D eigenvalue weighted by molar-refractivity contribution is 6.19. The summed E-state index contributed by atoms with van der Waals surface area (Å²) in [5, 5.41) is 0. The molecule has 9 heavy (non-hydrogen) atoms. The van der Waals surface area contributed by atoms with Gasteiger partial charge in [0.1, 0.15) is 6.26 Å². The van der Waals surface area contributed by atoms with E-state index in [1.165, 1.54) is 0 Å². The lowest BCUT2D eigenvalue weighted by molar-refractivity contribution is -0.115. The van der Waals surface area contributed by atoms with Crippen molar-refractivity contribution in [1.82, 2.24) is 0 Å². The SMILES string of the molecule is CC1(C)OC=C(CCl)O1. The summed E-state index contributed by atoms with van der Waals surface area (Å²) in [5.74, 6) is 0.565. The number of ether oxygens (including phenoxy) is 2. The smallest absolute Gasteiger partial charge is 0.244 e. The zero-order valence-corrected chi connectivity index (χ0v) is 6.23. The van der Waals surface area contributed by atoms with Gasteiger partial charge in [0.05, 0.1) is 5.88 Å². The van der Waals surface area contributed by atoms with Gasteiger partial charge in [0.25, 0.3) is 0 Å². The summed E-state index contributed by atoms with van der Waals surface area (Å²) in [6.45, 7) is 3.67. The third-order valence-corrected chi connectivity index (χ3v) is 1.25. The monoisotopic (exact) mass is 148 g/mol. The van der Waals surface area contributed by atoms with E-state index in [4.69, 9.17) is 21.1 Å². The highest BCUT2D eigenvalue weighted by atomic mass is 35.5. The predicted octanol–water partition coefficient (Wildman–Crippen LogP) is 1.85. The van der Waals surface area contributed by atoms with E-state index in [0.717, 1.165) is 0 Å². The molecule has 1 aliphatic rings. The van der Waals surface area contributed by atoms with Crippen LogP contribution in [0.25, 0.3) is 0 Å². The minimum absolute atomic E-state index is 0.378. The molecule has 0 atom stereocenters. The summed E-state index contributed by atoms with van der Waals surface area (Å²) in [4.78, 5) is 0. The van der Waals surface area contributed by atoms with E-state index >= 15 is 0 Å². The summed E-state index contributed by atoms with van der Waals surface area (Å²) in [5.41, 5.74) is 0. The Hall–Kier alpha value is -0.370. The van der Waals surface area contributed by atoms with Crippen LogP contribution in [0.3, 0.4) is 0 Å². The molecule has 0 saturated carbocycles. The van der Waals surface area contributed by atoms with Crippen molar-refractivity contribution in [2.75, 3.05) is 5.88 Å². The number of hydrogen-bond acceptors (Lipinski definition) is 2. The summed E-state index contributed by atoms with van der Waals surface area (Å²) in [7, 11) is 0. The van der Waals surface area contributed by atoms with Crippen molar-refractivity contribution in [3.05, 3.63) is 12.0 Å². The number of allylic oxidation sites excluding steroid dienone is 1. The lowest BCUT2D eigenvalue weighted by atomic mass is 10.4. The number of rotatable bonds is 1. The molecule has 0 amide bonds. The van der Waals surface area contributed by atoms with E-state index in [1.807, 2.05) is 13.8 Å². The summed E-state index contributed by atoms with van der Waals surface area (Å²) in [6.07, 6.45) is 1.55. The van der Waals surface area contributed by atoms with E-state index in [1.54, 1.807) is 6.26 Å². The first-order chi connectivity index (χ1) is 4.14. The first-order valence-electron chi connectivity index (χ1n) is 2.76. The topological polar surface area (TPSA) is 18.5 Å². The average molecular weight is 149 g/mol. The Morgan fingerprint density at radius 1 is 1.67 bits per heavy atom. The second kappa shape index (κ2) is 2.10. The molecular formula is C6H9ClO2. The molecule has 0 spiro atoms. The molecule has 0 aromatic rings. The molecule has 0 radical (unpaired) electrons. The van der Waals surface area contributed by atoms with E-state index in [9.17, 15) is 0 Å². The van der Waals surface area contributed by atoms with Gasteiger partial charge in [-0.05, 0) is 0 Å². The molecule has 3 heteroatoms. The van der Waals surface area contributed by atoms with Crippen molar-refractivity contribution in [3.63, 3.8) is 0 Å². The molecule has 0 aliphatic carbocycles. The fraction of sp³-hybridized carbons (Fsp3) is 0.667. The summed E-state index contributed by atoms with van der Waals surface area (Å²) >= 11 is 5.46. The lowest BCUT2D eigenvalue weighted by Gasteiger charge is -2.17. The Morgan fingerprint density at radius 2 is 2.33 bits per heavy atom. The maximum Gasteiger partial charge on any atom is 0.244 e. The van der Waals surface area contributed by atoms with Crippen LogP contribution >= 0.6 is 11.6 Å². The third kappa shape index (κ3) is 1.52. The van der Waals surface area contributed by atoms with Gasteiger partial charge in [-0.1, -0.05) is 0 Å². The van der Waals surface area contributed by atoms with Gasteiger partial charge in [0.2, 0.25) is 5.79 Å². The molecule has 0 bridgehead atoms. The molecule has 52 valence electrons. The molecule has 0 aromatic carbocycles. The fourth-order valence-corrected chi connectivity index (χ4v) is 0.748. The van der Waals surface area contributed by atoms with E-state index in [0.29, 0.717) is 11.6 Å². The Kier molecular flexibility index (Phi) is 1.58. The van der Waals surface area contributed by atoms with Gasteiger partial charge < -0.3 is 9.47 Å². The standard InChI is InChI=1S/C6H9ClO2/c1-6(2)8-4-5(3-7)9-6/h4H,3H2,1-2H3. The molecule has 0 unspecified atom stereocenters. The Bertz CT molecular complexity index is 140. The lowest BCUT2D eigenvalue weighted by Crippen LogP contribution is -2.20. The zero-order chi connectivity index (χ0) is 6.91. The predicted molar refractivity (Wildman–Crippen MR) is 35.1 cm³/mol. The van der Waals surface area contributed by atoms with Gasteiger partial charge in [-0.25, -0.2) is 0 Å². The normalized spacial score (nSPS) is 22.3. The van der Waals surface area contributed by atoms with Gasteiger partial charge in [-0.2, -0.15) is 0 Å². The molecule has 1 rings (SSSR count). The van der Waals surface area contributed by atoms with Crippen LogP contribution < -0.4 is 0 Å². The molecular weight excluding hydrogens is 140 g/mol. The summed E-state index contributed by atoms with van der Waals surface area (Å²) < 4.78 is 10.3. The van der Waals surface area contributed by atoms with Crippen LogP contribution in [0.1, 0.15) is 13.8 Å². The second-order valence-corrected chi connectivity index (χ2v) is 2.60. The minimum Gasteiger partial charge on any atom is -0.457 e. The van der Waals surface area contributed by atoms with Crippen molar-refractivity contribution < 1.29 is 9.47 Å². The number of alkyl halides is 1. The third-order valence-electron chi connectivity index (χ3n) is 0.983. The van der Waals surface area contributed by atoms with Gasteiger partial charge in [-0.3, -0.25) is 0 Å². The van der Waals surface area contributed by atoms with Crippen LogP contribution in [0.15, 0.2) is 12.0 Å². The quantitative estimate of drug-likeness (QED) is 0.529. The minimum atomic E-state index is -0.510. The number of hydrogen-bond donors (Lipinski definition) is 0. The van der Waals surface area contributed by atoms with Crippen molar-refractivity contribution in [2.24, 2.45) is 0 Å². The van der Waals surface area contributed by atoms with Crippen LogP contribution in [-0.4, -0.2) is 11.7 Å². The van der Waals surface area contributed by atoms with Crippen LogP contribution in [0, 0.1) is 0 Å². The van der Waals surface area contributed by atoms with Crippen LogP contribution in [0.5, 0.6) is 0 Å². The number of halogens is 1. The molecule has 1 aliphatic heterocycles. The Morgan fingerprint density at radius 3 is 2.56 bits per heavy atom. The molecule has 0 N–H and O–H groups in total. The van der Waals surface area contributed by atoms with Crippen LogP contribution in [0.4, 0.5) is 0 Å². The maximum absolute atomic E-state index is 5.46.